The lowest BCUT2D eigenvalue weighted by molar-refractivity contribution is 0.766. The van der Waals surface area contributed by atoms with Crippen molar-refractivity contribution < 1.29 is 0 Å². The van der Waals surface area contributed by atoms with E-state index >= 15 is 0 Å². The van der Waals surface area contributed by atoms with Crippen LogP contribution in [0.2, 0.25) is 0 Å². The van der Waals surface area contributed by atoms with Crippen molar-refractivity contribution in [1.82, 2.24) is 9.78 Å². The van der Waals surface area contributed by atoms with Crippen LogP contribution in [0.25, 0.3) is 0 Å². The Balaban J connectivity index is 2.20. The summed E-state index contributed by atoms with van der Waals surface area (Å²) >= 11 is 0. The highest BCUT2D eigenvalue weighted by atomic mass is 15.2. The van der Waals surface area contributed by atoms with E-state index in [9.17, 15) is 0 Å². The van der Waals surface area contributed by atoms with Gasteiger partial charge in [-0.25, -0.2) is 0 Å². The van der Waals surface area contributed by atoms with Crippen LogP contribution in [0.4, 0.5) is 0 Å². The molecular weight excluding hydrogens is 126 g/mol. The van der Waals surface area contributed by atoms with Crippen molar-refractivity contribution in [3.63, 3.8) is 0 Å². The molecule has 0 radical (unpaired) electrons. The molecule has 0 bridgehead atoms. The van der Waals surface area contributed by atoms with Gasteiger partial charge in [0.05, 0.1) is 6.20 Å². The highest BCUT2D eigenvalue weighted by Gasteiger charge is 2.35. The predicted molar refractivity (Wildman–Crippen MR) is 38.5 cm³/mol. The summed E-state index contributed by atoms with van der Waals surface area (Å²) in [6.07, 6.45) is 5.07. The van der Waals surface area contributed by atoms with Gasteiger partial charge in [0.25, 0.3) is 0 Å². The molecular formula is C7H11N3. The first-order chi connectivity index (χ1) is 4.77. The highest BCUT2D eigenvalue weighted by molar-refractivity contribution is 5.22. The zero-order valence-electron chi connectivity index (χ0n) is 5.99. The van der Waals surface area contributed by atoms with Crippen molar-refractivity contribution in [2.45, 2.75) is 18.4 Å². The molecule has 1 saturated carbocycles. The van der Waals surface area contributed by atoms with Gasteiger partial charge in [-0.1, -0.05) is 0 Å². The van der Waals surface area contributed by atoms with Gasteiger partial charge in [0.15, 0.2) is 0 Å². The van der Waals surface area contributed by atoms with Crippen LogP contribution in [-0.2, 0) is 7.05 Å². The van der Waals surface area contributed by atoms with Gasteiger partial charge in [-0.15, -0.1) is 0 Å². The average molecular weight is 137 g/mol. The molecule has 3 nitrogen and oxygen atoms in total. The Kier molecular flexibility index (Phi) is 1.08. The van der Waals surface area contributed by atoms with Gasteiger partial charge in [0.1, 0.15) is 0 Å². The van der Waals surface area contributed by atoms with Gasteiger partial charge in [-0.2, -0.15) is 5.10 Å². The first-order valence-electron chi connectivity index (χ1n) is 3.51. The second-order valence-corrected chi connectivity index (χ2v) is 2.95. The number of hydrogen-bond acceptors (Lipinski definition) is 2. The first kappa shape index (κ1) is 5.92. The van der Waals surface area contributed by atoms with Crippen molar-refractivity contribution in [3.8, 4) is 0 Å². The lowest BCUT2D eigenvalue weighted by Gasteiger charge is -1.86. The second-order valence-electron chi connectivity index (χ2n) is 2.95. The van der Waals surface area contributed by atoms with Crippen molar-refractivity contribution in [2.75, 3.05) is 0 Å². The van der Waals surface area contributed by atoms with E-state index in [-0.39, 0.29) is 0 Å². The van der Waals surface area contributed by atoms with E-state index in [2.05, 4.69) is 5.10 Å². The Hall–Kier alpha value is -0.830. The first-order valence-corrected chi connectivity index (χ1v) is 3.51. The van der Waals surface area contributed by atoms with Gasteiger partial charge < -0.3 is 5.73 Å². The maximum absolute atomic E-state index is 5.67. The maximum atomic E-state index is 5.67. The van der Waals surface area contributed by atoms with E-state index in [4.69, 9.17) is 5.73 Å². The molecule has 1 heterocycles. The fraction of sp³-hybridized carbons (Fsp3) is 0.571. The minimum Gasteiger partial charge on any atom is -0.327 e. The highest BCUT2D eigenvalue weighted by Crippen LogP contribution is 2.38. The van der Waals surface area contributed by atoms with Crippen LogP contribution < -0.4 is 5.73 Å². The molecule has 2 N–H and O–H groups in total. The standard InChI is InChI=1S/C7H11N3/c1-10-4-5(3-9-10)6-2-7(6)8/h3-4,6-7H,2,8H2,1H3. The third-order valence-corrected chi connectivity index (χ3v) is 1.99. The lowest BCUT2D eigenvalue weighted by atomic mass is 10.2. The maximum Gasteiger partial charge on any atom is 0.0525 e. The summed E-state index contributed by atoms with van der Waals surface area (Å²) in [4.78, 5) is 0. The van der Waals surface area contributed by atoms with Gasteiger partial charge in [-0.3, -0.25) is 4.68 Å². The molecule has 0 saturated heterocycles. The van der Waals surface area contributed by atoms with Crippen LogP contribution in [-0.4, -0.2) is 15.8 Å². The summed E-state index contributed by atoms with van der Waals surface area (Å²) in [6.45, 7) is 0. The van der Waals surface area contributed by atoms with Gasteiger partial charge in [0.2, 0.25) is 0 Å². The Bertz CT molecular complexity index is 241. The number of hydrogen-bond donors (Lipinski definition) is 1. The third-order valence-electron chi connectivity index (χ3n) is 1.99. The predicted octanol–water partition coefficient (Wildman–Crippen LogP) is 0.235. The van der Waals surface area contributed by atoms with Crippen molar-refractivity contribution in [3.05, 3.63) is 18.0 Å². The summed E-state index contributed by atoms with van der Waals surface area (Å²) in [6, 6.07) is 0.393. The Morgan fingerprint density at radius 3 is 2.90 bits per heavy atom. The second kappa shape index (κ2) is 1.83. The zero-order chi connectivity index (χ0) is 7.14. The number of nitrogens with zero attached hydrogens (tertiary/aromatic N) is 2. The molecule has 1 fully saturated rings. The van der Waals surface area contributed by atoms with E-state index in [0.29, 0.717) is 12.0 Å². The summed E-state index contributed by atoms with van der Waals surface area (Å²) in [5.74, 6) is 0.591. The SMILES string of the molecule is Cn1cc(C2CC2N)cn1. The van der Waals surface area contributed by atoms with E-state index in [0.717, 1.165) is 6.42 Å². The molecule has 0 amide bonds. The Labute approximate surface area is 59.8 Å². The minimum absolute atomic E-state index is 0.393. The quantitative estimate of drug-likeness (QED) is 0.602. The number of rotatable bonds is 1. The van der Waals surface area contributed by atoms with Crippen molar-refractivity contribution >= 4 is 0 Å². The Morgan fingerprint density at radius 2 is 2.50 bits per heavy atom. The molecule has 2 unspecified atom stereocenters. The topological polar surface area (TPSA) is 43.8 Å². The monoisotopic (exact) mass is 137 g/mol. The minimum atomic E-state index is 0.393. The molecule has 2 rings (SSSR count). The molecule has 0 aromatic carbocycles. The van der Waals surface area contributed by atoms with E-state index in [1.54, 1.807) is 0 Å². The van der Waals surface area contributed by atoms with E-state index < -0.39 is 0 Å². The van der Waals surface area contributed by atoms with Crippen LogP contribution >= 0.6 is 0 Å². The van der Waals surface area contributed by atoms with E-state index in [1.807, 2.05) is 24.1 Å². The third kappa shape index (κ3) is 0.827. The van der Waals surface area contributed by atoms with Crippen molar-refractivity contribution in [1.29, 1.82) is 0 Å². The normalized spacial score (nSPS) is 30.6. The van der Waals surface area contributed by atoms with E-state index in [1.165, 1.54) is 5.56 Å². The van der Waals surface area contributed by atoms with Crippen LogP contribution in [0.1, 0.15) is 17.9 Å². The molecule has 1 aromatic heterocycles. The van der Waals surface area contributed by atoms with Gasteiger partial charge in [-0.05, 0) is 12.0 Å². The summed E-state index contributed by atoms with van der Waals surface area (Å²) in [7, 11) is 1.93. The van der Waals surface area contributed by atoms with Gasteiger partial charge in [0, 0.05) is 25.2 Å². The summed E-state index contributed by atoms with van der Waals surface area (Å²) in [5.41, 5.74) is 6.96. The molecule has 1 aromatic rings. The molecule has 2 atom stereocenters. The van der Waals surface area contributed by atoms with Gasteiger partial charge >= 0.3 is 0 Å². The smallest absolute Gasteiger partial charge is 0.0525 e. The number of aryl methyl sites for hydroxylation is 1. The van der Waals surface area contributed by atoms with Crippen molar-refractivity contribution in [2.24, 2.45) is 12.8 Å². The average Bonchev–Trinajstić information content (AvgIpc) is 2.42. The zero-order valence-corrected chi connectivity index (χ0v) is 5.99. The molecule has 1 aliphatic rings. The fourth-order valence-corrected chi connectivity index (χ4v) is 1.23. The molecule has 1 aliphatic carbocycles. The molecule has 10 heavy (non-hydrogen) atoms. The summed E-state index contributed by atoms with van der Waals surface area (Å²) < 4.78 is 1.82. The largest absolute Gasteiger partial charge is 0.327 e. The molecule has 54 valence electrons. The molecule has 0 spiro atoms. The van der Waals surface area contributed by atoms with Crippen LogP contribution in [0.3, 0.4) is 0 Å². The van der Waals surface area contributed by atoms with Crippen LogP contribution in [0.5, 0.6) is 0 Å². The molecule has 3 heteroatoms. The fourth-order valence-electron chi connectivity index (χ4n) is 1.23. The number of aromatic nitrogens is 2. The summed E-state index contributed by atoms with van der Waals surface area (Å²) in [5, 5.41) is 4.07. The van der Waals surface area contributed by atoms with Crippen LogP contribution in [0, 0.1) is 0 Å². The van der Waals surface area contributed by atoms with Crippen LogP contribution in [0.15, 0.2) is 12.4 Å². The Morgan fingerprint density at radius 1 is 1.80 bits per heavy atom. The lowest BCUT2D eigenvalue weighted by Crippen LogP contribution is -2.00. The molecule has 0 aliphatic heterocycles. The number of nitrogens with two attached hydrogens (primary N) is 1.